The summed E-state index contributed by atoms with van der Waals surface area (Å²) in [5.41, 5.74) is 0.948. The fourth-order valence-corrected chi connectivity index (χ4v) is 4.53. The molecule has 1 saturated heterocycles. The third-order valence-electron chi connectivity index (χ3n) is 4.40. The maximum atomic E-state index is 13.0. The standard InChI is InChI=1S/C17H24N4O3S/c1-13(2)16-18-17(24-19-16)15-10-7-11-21(15)25(22,23)20(3)12-14-8-5-4-6-9-14/h4-6,8-9,13,15H,7,10-12H2,1-3H3. The lowest BCUT2D eigenvalue weighted by Crippen LogP contribution is -2.41. The molecule has 1 aliphatic heterocycles. The van der Waals surface area contributed by atoms with Crippen molar-refractivity contribution in [1.82, 2.24) is 18.8 Å². The summed E-state index contributed by atoms with van der Waals surface area (Å²) in [5.74, 6) is 1.14. The maximum Gasteiger partial charge on any atom is 0.282 e. The molecular formula is C17H24N4O3S. The summed E-state index contributed by atoms with van der Waals surface area (Å²) in [6.45, 7) is 4.75. The largest absolute Gasteiger partial charge is 0.338 e. The Bertz CT molecular complexity index is 804. The maximum absolute atomic E-state index is 13.0. The van der Waals surface area contributed by atoms with Crippen molar-refractivity contribution >= 4 is 10.2 Å². The Morgan fingerprint density at radius 2 is 2.04 bits per heavy atom. The number of rotatable bonds is 6. The highest BCUT2D eigenvalue weighted by atomic mass is 32.2. The molecule has 0 spiro atoms. The van der Waals surface area contributed by atoms with Gasteiger partial charge >= 0.3 is 0 Å². The smallest absolute Gasteiger partial charge is 0.282 e. The Morgan fingerprint density at radius 1 is 1.32 bits per heavy atom. The van der Waals surface area contributed by atoms with Crippen LogP contribution in [0.2, 0.25) is 0 Å². The summed E-state index contributed by atoms with van der Waals surface area (Å²) in [4.78, 5) is 4.40. The minimum Gasteiger partial charge on any atom is -0.338 e. The summed E-state index contributed by atoms with van der Waals surface area (Å²) in [5, 5.41) is 3.97. The molecule has 7 nitrogen and oxygen atoms in total. The van der Waals surface area contributed by atoms with Gasteiger partial charge in [0.2, 0.25) is 5.89 Å². The van der Waals surface area contributed by atoms with Gasteiger partial charge in [0.15, 0.2) is 5.82 Å². The van der Waals surface area contributed by atoms with Crippen LogP contribution in [0.4, 0.5) is 0 Å². The fourth-order valence-electron chi connectivity index (χ4n) is 2.98. The molecule has 2 heterocycles. The molecule has 0 saturated carbocycles. The van der Waals surface area contributed by atoms with E-state index in [1.165, 1.54) is 8.61 Å². The van der Waals surface area contributed by atoms with Crippen molar-refractivity contribution in [2.75, 3.05) is 13.6 Å². The highest BCUT2D eigenvalue weighted by molar-refractivity contribution is 7.86. The SMILES string of the molecule is CC(C)c1noc(C2CCCN2S(=O)(=O)N(C)Cc2ccccc2)n1. The van der Waals surface area contributed by atoms with E-state index in [9.17, 15) is 8.42 Å². The second-order valence-corrected chi connectivity index (χ2v) is 8.65. The van der Waals surface area contributed by atoms with Crippen LogP contribution in [0.1, 0.15) is 55.9 Å². The summed E-state index contributed by atoms with van der Waals surface area (Å²) in [7, 11) is -2.00. The van der Waals surface area contributed by atoms with E-state index in [1.807, 2.05) is 44.2 Å². The van der Waals surface area contributed by atoms with Gasteiger partial charge < -0.3 is 4.52 Å². The molecule has 0 radical (unpaired) electrons. The van der Waals surface area contributed by atoms with Crippen LogP contribution in [0.15, 0.2) is 34.9 Å². The van der Waals surface area contributed by atoms with Gasteiger partial charge in [0.1, 0.15) is 6.04 Å². The molecule has 0 bridgehead atoms. The van der Waals surface area contributed by atoms with Crippen molar-refractivity contribution in [3.63, 3.8) is 0 Å². The van der Waals surface area contributed by atoms with Gasteiger partial charge in [-0.15, -0.1) is 0 Å². The predicted molar refractivity (Wildman–Crippen MR) is 93.9 cm³/mol. The average Bonchev–Trinajstić information content (AvgIpc) is 3.25. The van der Waals surface area contributed by atoms with Gasteiger partial charge in [0.25, 0.3) is 10.2 Å². The predicted octanol–water partition coefficient (Wildman–Crippen LogP) is 2.71. The molecule has 1 aliphatic rings. The van der Waals surface area contributed by atoms with Crippen LogP contribution < -0.4 is 0 Å². The molecule has 2 aromatic rings. The number of nitrogens with zero attached hydrogens (tertiary/aromatic N) is 4. The third-order valence-corrected chi connectivity index (χ3v) is 6.35. The Kier molecular flexibility index (Phi) is 5.21. The second kappa shape index (κ2) is 7.23. The number of benzene rings is 1. The van der Waals surface area contributed by atoms with Crippen molar-refractivity contribution in [2.24, 2.45) is 0 Å². The van der Waals surface area contributed by atoms with Crippen LogP contribution in [0.25, 0.3) is 0 Å². The Balaban J connectivity index is 1.80. The molecule has 3 rings (SSSR count). The zero-order valence-corrected chi connectivity index (χ0v) is 15.6. The van der Waals surface area contributed by atoms with Crippen LogP contribution in [0, 0.1) is 0 Å². The van der Waals surface area contributed by atoms with Gasteiger partial charge in [-0.2, -0.15) is 22.0 Å². The lowest BCUT2D eigenvalue weighted by Gasteiger charge is -2.27. The quantitative estimate of drug-likeness (QED) is 0.787. The van der Waals surface area contributed by atoms with E-state index in [4.69, 9.17) is 4.52 Å². The molecular weight excluding hydrogens is 340 g/mol. The van der Waals surface area contributed by atoms with Crippen molar-refractivity contribution in [1.29, 1.82) is 0 Å². The van der Waals surface area contributed by atoms with E-state index in [2.05, 4.69) is 10.1 Å². The van der Waals surface area contributed by atoms with E-state index in [0.29, 0.717) is 31.2 Å². The number of hydrogen-bond acceptors (Lipinski definition) is 5. The van der Waals surface area contributed by atoms with Gasteiger partial charge in [0, 0.05) is 26.1 Å². The first kappa shape index (κ1) is 18.0. The molecule has 25 heavy (non-hydrogen) atoms. The first-order valence-electron chi connectivity index (χ1n) is 8.50. The normalized spacial score (nSPS) is 19.2. The van der Waals surface area contributed by atoms with Crippen LogP contribution in [-0.2, 0) is 16.8 Å². The summed E-state index contributed by atoms with van der Waals surface area (Å²) in [6.07, 6.45) is 1.47. The first-order chi connectivity index (χ1) is 11.9. The van der Waals surface area contributed by atoms with Gasteiger partial charge in [-0.1, -0.05) is 49.3 Å². The van der Waals surface area contributed by atoms with Gasteiger partial charge in [0.05, 0.1) is 0 Å². The Morgan fingerprint density at radius 3 is 2.68 bits per heavy atom. The topological polar surface area (TPSA) is 79.5 Å². The average molecular weight is 364 g/mol. The van der Waals surface area contributed by atoms with Crippen LogP contribution in [-0.4, -0.2) is 40.8 Å². The van der Waals surface area contributed by atoms with Crippen molar-refractivity contribution in [3.8, 4) is 0 Å². The molecule has 0 amide bonds. The zero-order valence-electron chi connectivity index (χ0n) is 14.8. The van der Waals surface area contributed by atoms with Gasteiger partial charge in [-0.3, -0.25) is 0 Å². The van der Waals surface area contributed by atoms with E-state index in [0.717, 1.165) is 12.0 Å². The lowest BCUT2D eigenvalue weighted by atomic mass is 10.2. The summed E-state index contributed by atoms with van der Waals surface area (Å²) in [6, 6.07) is 9.17. The molecule has 0 aliphatic carbocycles. The van der Waals surface area contributed by atoms with E-state index < -0.39 is 10.2 Å². The van der Waals surface area contributed by atoms with E-state index in [1.54, 1.807) is 7.05 Å². The molecule has 1 aromatic heterocycles. The molecule has 1 fully saturated rings. The van der Waals surface area contributed by atoms with Gasteiger partial charge in [-0.25, -0.2) is 0 Å². The molecule has 1 atom stereocenters. The molecule has 1 unspecified atom stereocenters. The molecule has 8 heteroatoms. The van der Waals surface area contributed by atoms with Crippen molar-refractivity contribution in [2.45, 2.75) is 45.2 Å². The minimum absolute atomic E-state index is 0.143. The van der Waals surface area contributed by atoms with Crippen LogP contribution in [0.5, 0.6) is 0 Å². The fraction of sp³-hybridized carbons (Fsp3) is 0.529. The Hall–Kier alpha value is -1.77. The van der Waals surface area contributed by atoms with Crippen LogP contribution in [0.3, 0.4) is 0 Å². The highest BCUT2D eigenvalue weighted by Crippen LogP contribution is 2.34. The Labute approximate surface area is 148 Å². The van der Waals surface area contributed by atoms with Crippen molar-refractivity contribution < 1.29 is 12.9 Å². The first-order valence-corrected chi connectivity index (χ1v) is 9.90. The minimum atomic E-state index is -3.61. The lowest BCUT2D eigenvalue weighted by molar-refractivity contribution is 0.275. The van der Waals surface area contributed by atoms with E-state index in [-0.39, 0.29) is 12.0 Å². The second-order valence-electron chi connectivity index (χ2n) is 6.66. The van der Waals surface area contributed by atoms with Gasteiger partial charge in [-0.05, 0) is 18.4 Å². The number of aromatic nitrogens is 2. The monoisotopic (exact) mass is 364 g/mol. The molecule has 0 N–H and O–H groups in total. The van der Waals surface area contributed by atoms with E-state index >= 15 is 0 Å². The molecule has 136 valence electrons. The molecule has 1 aromatic carbocycles. The third kappa shape index (κ3) is 3.75. The van der Waals surface area contributed by atoms with Crippen LogP contribution >= 0.6 is 0 Å². The summed E-state index contributed by atoms with van der Waals surface area (Å²) < 4.78 is 34.2. The highest BCUT2D eigenvalue weighted by Gasteiger charge is 2.40. The number of hydrogen-bond donors (Lipinski definition) is 0. The summed E-state index contributed by atoms with van der Waals surface area (Å²) >= 11 is 0. The van der Waals surface area contributed by atoms with Crippen molar-refractivity contribution in [3.05, 3.63) is 47.6 Å². The zero-order chi connectivity index (χ0) is 18.0.